The summed E-state index contributed by atoms with van der Waals surface area (Å²) in [7, 11) is 0. The van der Waals surface area contributed by atoms with Crippen molar-refractivity contribution in [2.45, 2.75) is 13.0 Å². The van der Waals surface area contributed by atoms with Gasteiger partial charge in [0.25, 0.3) is 0 Å². The second-order valence-electron chi connectivity index (χ2n) is 2.72. The van der Waals surface area contributed by atoms with Gasteiger partial charge in [0.1, 0.15) is 5.82 Å². The summed E-state index contributed by atoms with van der Waals surface area (Å²) in [6, 6.07) is 3.55. The maximum absolute atomic E-state index is 13.0. The monoisotopic (exact) mass is 184 g/mol. The lowest BCUT2D eigenvalue weighted by atomic mass is 10.1. The molecular weight excluding hydrogens is 175 g/mol. The van der Waals surface area contributed by atoms with Crippen LogP contribution in [0.2, 0.25) is 0 Å². The van der Waals surface area contributed by atoms with Crippen LogP contribution >= 0.6 is 0 Å². The van der Waals surface area contributed by atoms with E-state index in [1.165, 1.54) is 13.0 Å². The van der Waals surface area contributed by atoms with Gasteiger partial charge in [-0.1, -0.05) is 6.07 Å². The SMILES string of the molecule is CC(O)c1ccc(C(=O)O)c(F)c1. The fourth-order valence-corrected chi connectivity index (χ4v) is 0.965. The molecule has 1 rings (SSSR count). The van der Waals surface area contributed by atoms with Crippen LogP contribution in [0.4, 0.5) is 4.39 Å². The molecule has 0 aliphatic rings. The van der Waals surface area contributed by atoms with Crippen molar-refractivity contribution in [3.05, 3.63) is 35.1 Å². The van der Waals surface area contributed by atoms with Gasteiger partial charge in [0.2, 0.25) is 0 Å². The van der Waals surface area contributed by atoms with Gasteiger partial charge in [-0.05, 0) is 24.6 Å². The Morgan fingerprint density at radius 1 is 1.54 bits per heavy atom. The number of aliphatic hydroxyl groups excluding tert-OH is 1. The number of hydrogen-bond acceptors (Lipinski definition) is 2. The van der Waals surface area contributed by atoms with Crippen molar-refractivity contribution < 1.29 is 19.4 Å². The first-order valence-electron chi connectivity index (χ1n) is 3.73. The van der Waals surface area contributed by atoms with Crippen molar-refractivity contribution in [3.8, 4) is 0 Å². The Kier molecular flexibility index (Phi) is 2.63. The molecule has 13 heavy (non-hydrogen) atoms. The Bertz CT molecular complexity index is 334. The Morgan fingerprint density at radius 3 is 2.54 bits per heavy atom. The third-order valence-electron chi connectivity index (χ3n) is 1.71. The van der Waals surface area contributed by atoms with Crippen molar-refractivity contribution >= 4 is 5.97 Å². The van der Waals surface area contributed by atoms with Gasteiger partial charge in [-0.15, -0.1) is 0 Å². The number of rotatable bonds is 2. The van der Waals surface area contributed by atoms with E-state index in [0.29, 0.717) is 5.56 Å². The maximum Gasteiger partial charge on any atom is 0.338 e. The molecule has 0 radical (unpaired) electrons. The minimum Gasteiger partial charge on any atom is -0.478 e. The molecule has 0 saturated carbocycles. The topological polar surface area (TPSA) is 57.5 Å². The van der Waals surface area contributed by atoms with Gasteiger partial charge in [-0.2, -0.15) is 0 Å². The number of halogens is 1. The summed E-state index contributed by atoms with van der Waals surface area (Å²) >= 11 is 0. The highest BCUT2D eigenvalue weighted by Crippen LogP contribution is 2.16. The third kappa shape index (κ3) is 2.03. The van der Waals surface area contributed by atoms with Gasteiger partial charge in [-0.25, -0.2) is 9.18 Å². The van der Waals surface area contributed by atoms with Gasteiger partial charge < -0.3 is 10.2 Å². The summed E-state index contributed by atoms with van der Waals surface area (Å²) < 4.78 is 13.0. The molecule has 0 amide bonds. The predicted molar refractivity (Wildman–Crippen MR) is 44.0 cm³/mol. The van der Waals surface area contributed by atoms with Crippen LogP contribution in [0.5, 0.6) is 0 Å². The van der Waals surface area contributed by atoms with Gasteiger partial charge in [0, 0.05) is 0 Å². The molecule has 0 bridgehead atoms. The number of carbonyl (C=O) groups is 1. The fraction of sp³-hybridized carbons (Fsp3) is 0.222. The van der Waals surface area contributed by atoms with Crippen LogP contribution in [0.3, 0.4) is 0 Å². The van der Waals surface area contributed by atoms with Crippen molar-refractivity contribution in [1.29, 1.82) is 0 Å². The van der Waals surface area contributed by atoms with E-state index in [-0.39, 0.29) is 5.56 Å². The number of aromatic carboxylic acids is 1. The first-order valence-corrected chi connectivity index (χ1v) is 3.73. The molecular formula is C9H9FO3. The summed E-state index contributed by atoms with van der Waals surface area (Å²) in [6.45, 7) is 1.48. The molecule has 4 heteroatoms. The molecule has 1 unspecified atom stereocenters. The van der Waals surface area contributed by atoms with Gasteiger partial charge in [-0.3, -0.25) is 0 Å². The number of carboxylic acid groups (broad SMARTS) is 1. The Morgan fingerprint density at radius 2 is 2.15 bits per heavy atom. The summed E-state index contributed by atoms with van der Waals surface area (Å²) in [6.07, 6.45) is -0.794. The van der Waals surface area contributed by atoms with Gasteiger partial charge in [0.15, 0.2) is 0 Å². The minimum atomic E-state index is -1.31. The second kappa shape index (κ2) is 3.53. The van der Waals surface area contributed by atoms with E-state index in [0.717, 1.165) is 12.1 Å². The Labute approximate surface area is 74.4 Å². The van der Waals surface area contributed by atoms with Crippen molar-refractivity contribution in [2.24, 2.45) is 0 Å². The Hall–Kier alpha value is -1.42. The molecule has 1 atom stereocenters. The largest absolute Gasteiger partial charge is 0.478 e. The molecule has 0 spiro atoms. The summed E-state index contributed by atoms with van der Waals surface area (Å²) in [4.78, 5) is 10.4. The van der Waals surface area contributed by atoms with Crippen LogP contribution < -0.4 is 0 Å². The number of carboxylic acids is 1. The van der Waals surface area contributed by atoms with Crippen molar-refractivity contribution in [3.63, 3.8) is 0 Å². The highest BCUT2D eigenvalue weighted by molar-refractivity contribution is 5.87. The van der Waals surface area contributed by atoms with E-state index >= 15 is 0 Å². The minimum absolute atomic E-state index is 0.363. The fourth-order valence-electron chi connectivity index (χ4n) is 0.965. The van der Waals surface area contributed by atoms with E-state index in [1.807, 2.05) is 0 Å². The zero-order chi connectivity index (χ0) is 10.0. The maximum atomic E-state index is 13.0. The van der Waals surface area contributed by atoms with Gasteiger partial charge in [0.05, 0.1) is 11.7 Å². The first-order chi connectivity index (χ1) is 6.02. The van der Waals surface area contributed by atoms with Gasteiger partial charge >= 0.3 is 5.97 Å². The van der Waals surface area contributed by atoms with E-state index < -0.39 is 17.9 Å². The highest BCUT2D eigenvalue weighted by Gasteiger charge is 2.11. The molecule has 0 heterocycles. The number of aliphatic hydroxyl groups is 1. The average molecular weight is 184 g/mol. The van der Waals surface area contributed by atoms with Crippen LogP contribution in [0.25, 0.3) is 0 Å². The quantitative estimate of drug-likeness (QED) is 0.733. The molecule has 0 aliphatic carbocycles. The van der Waals surface area contributed by atoms with E-state index in [9.17, 15) is 9.18 Å². The molecule has 0 aromatic heterocycles. The molecule has 0 saturated heterocycles. The average Bonchev–Trinajstić information content (AvgIpc) is 2.03. The molecule has 1 aromatic rings. The van der Waals surface area contributed by atoms with Crippen LogP contribution in [-0.4, -0.2) is 16.2 Å². The molecule has 70 valence electrons. The molecule has 0 fully saturated rings. The lowest BCUT2D eigenvalue weighted by molar-refractivity contribution is 0.0691. The molecule has 2 N–H and O–H groups in total. The summed E-state index contributed by atoms with van der Waals surface area (Å²) in [5, 5.41) is 17.6. The van der Waals surface area contributed by atoms with E-state index in [1.54, 1.807) is 0 Å². The highest BCUT2D eigenvalue weighted by atomic mass is 19.1. The molecule has 3 nitrogen and oxygen atoms in total. The lowest BCUT2D eigenvalue weighted by Gasteiger charge is -2.05. The predicted octanol–water partition coefficient (Wildman–Crippen LogP) is 1.58. The van der Waals surface area contributed by atoms with E-state index in [2.05, 4.69) is 0 Å². The zero-order valence-corrected chi connectivity index (χ0v) is 6.99. The summed E-state index contributed by atoms with van der Waals surface area (Å²) in [5.74, 6) is -2.14. The summed E-state index contributed by atoms with van der Waals surface area (Å²) in [5.41, 5.74) is -0.0214. The lowest BCUT2D eigenvalue weighted by Crippen LogP contribution is -2.02. The van der Waals surface area contributed by atoms with Crippen molar-refractivity contribution in [1.82, 2.24) is 0 Å². The molecule has 1 aromatic carbocycles. The Balaban J connectivity index is 3.13. The standard InChI is InChI=1S/C9H9FO3/c1-5(11)6-2-3-7(9(12)13)8(10)4-6/h2-5,11H,1H3,(H,12,13). The number of benzene rings is 1. The van der Waals surface area contributed by atoms with Crippen LogP contribution in [0.1, 0.15) is 28.9 Å². The first kappa shape index (κ1) is 9.67. The van der Waals surface area contributed by atoms with Crippen molar-refractivity contribution in [2.75, 3.05) is 0 Å². The van der Waals surface area contributed by atoms with Crippen LogP contribution in [0.15, 0.2) is 18.2 Å². The van der Waals surface area contributed by atoms with E-state index in [4.69, 9.17) is 10.2 Å². The van der Waals surface area contributed by atoms with Crippen LogP contribution in [-0.2, 0) is 0 Å². The zero-order valence-electron chi connectivity index (χ0n) is 6.99. The normalized spacial score (nSPS) is 12.5. The third-order valence-corrected chi connectivity index (χ3v) is 1.71. The molecule has 0 aliphatic heterocycles. The smallest absolute Gasteiger partial charge is 0.338 e. The van der Waals surface area contributed by atoms with Crippen LogP contribution in [0, 0.1) is 5.82 Å². The number of hydrogen-bond donors (Lipinski definition) is 2. The second-order valence-corrected chi connectivity index (χ2v) is 2.72.